The smallest absolute Gasteiger partial charge is 0.246 e. The highest BCUT2D eigenvalue weighted by molar-refractivity contribution is 7.89. The molecule has 0 saturated carbocycles. The first-order valence-corrected chi connectivity index (χ1v) is 10.7. The highest BCUT2D eigenvalue weighted by atomic mass is 32.2. The molecule has 0 unspecified atom stereocenters. The first-order chi connectivity index (χ1) is 14.5. The van der Waals surface area contributed by atoms with Gasteiger partial charge in [-0.1, -0.05) is 53.7 Å². The molecule has 0 bridgehead atoms. The van der Waals surface area contributed by atoms with Gasteiger partial charge in [0.15, 0.2) is 0 Å². The second-order valence-electron chi connectivity index (χ2n) is 6.64. The van der Waals surface area contributed by atoms with Crippen LogP contribution < -0.4 is 10.0 Å². The van der Waals surface area contributed by atoms with Crippen LogP contribution in [-0.4, -0.2) is 23.5 Å². The van der Waals surface area contributed by atoms with Gasteiger partial charge < -0.3 is 9.42 Å². The number of hydrogen-bond donors (Lipinski definition) is 1. The highest BCUT2D eigenvalue weighted by Gasteiger charge is 2.16. The van der Waals surface area contributed by atoms with Gasteiger partial charge in [-0.3, -0.25) is 4.98 Å². The van der Waals surface area contributed by atoms with Gasteiger partial charge in [-0.05, 0) is 23.8 Å². The van der Waals surface area contributed by atoms with Crippen LogP contribution in [-0.2, 0) is 23.1 Å². The molecule has 4 rings (SSSR count). The number of pyridine rings is 1. The number of nitrogens with zero attached hydrogens (tertiary/aromatic N) is 4. The second kappa shape index (κ2) is 8.44. The summed E-state index contributed by atoms with van der Waals surface area (Å²) in [5, 5.41) is 9.15. The van der Waals surface area contributed by atoms with Gasteiger partial charge in [0.2, 0.25) is 21.7 Å². The lowest BCUT2D eigenvalue weighted by Gasteiger charge is -2.23. The molecule has 0 aliphatic carbocycles. The minimum absolute atomic E-state index is 0.110. The van der Waals surface area contributed by atoms with Crippen LogP contribution in [0, 0.1) is 0 Å². The number of hydrogen-bond acceptors (Lipinski definition) is 7. The monoisotopic (exact) mass is 421 g/mol. The van der Waals surface area contributed by atoms with Gasteiger partial charge in [0.05, 0.1) is 6.54 Å². The molecule has 152 valence electrons. The van der Waals surface area contributed by atoms with Crippen LogP contribution in [0.1, 0.15) is 11.5 Å². The lowest BCUT2D eigenvalue weighted by atomic mass is 10.2. The second-order valence-corrected chi connectivity index (χ2v) is 8.20. The number of rotatable bonds is 7. The Labute approximate surface area is 174 Å². The maximum absolute atomic E-state index is 11.6. The van der Waals surface area contributed by atoms with Crippen molar-refractivity contribution >= 4 is 15.7 Å². The van der Waals surface area contributed by atoms with Crippen molar-refractivity contribution in [2.24, 2.45) is 5.14 Å². The van der Waals surface area contributed by atoms with Gasteiger partial charge in [0.25, 0.3) is 0 Å². The summed E-state index contributed by atoms with van der Waals surface area (Å²) in [5.41, 5.74) is 2.57. The van der Waals surface area contributed by atoms with Gasteiger partial charge in [0, 0.05) is 30.2 Å². The third-order valence-corrected chi connectivity index (χ3v) is 5.31. The van der Waals surface area contributed by atoms with E-state index in [0.29, 0.717) is 24.5 Å². The summed E-state index contributed by atoms with van der Waals surface area (Å²) in [4.78, 5) is 10.3. The van der Waals surface area contributed by atoms with Crippen LogP contribution in [0.5, 0.6) is 0 Å². The molecule has 0 amide bonds. The average molecular weight is 421 g/mol. The Morgan fingerprint density at radius 3 is 2.33 bits per heavy atom. The predicted molar refractivity (Wildman–Crippen MR) is 112 cm³/mol. The number of aromatic nitrogens is 3. The van der Waals surface area contributed by atoms with E-state index in [1.54, 1.807) is 0 Å². The van der Waals surface area contributed by atoms with Crippen LogP contribution in [0.25, 0.3) is 11.4 Å². The van der Waals surface area contributed by atoms with Crippen molar-refractivity contribution in [1.29, 1.82) is 0 Å². The molecule has 0 atom stereocenters. The van der Waals surface area contributed by atoms with Crippen molar-refractivity contribution in [3.63, 3.8) is 0 Å². The average Bonchev–Trinajstić information content (AvgIpc) is 3.23. The molecule has 9 heteroatoms. The Morgan fingerprint density at radius 2 is 1.63 bits per heavy atom. The van der Waals surface area contributed by atoms with E-state index in [4.69, 9.17) is 9.66 Å². The van der Waals surface area contributed by atoms with Crippen molar-refractivity contribution in [3.8, 4) is 11.4 Å². The van der Waals surface area contributed by atoms with Crippen LogP contribution >= 0.6 is 0 Å². The molecule has 8 nitrogen and oxygen atoms in total. The third-order valence-electron chi connectivity index (χ3n) is 4.43. The van der Waals surface area contributed by atoms with Crippen LogP contribution in [0.15, 0.2) is 88.5 Å². The third kappa shape index (κ3) is 4.70. The summed E-state index contributed by atoms with van der Waals surface area (Å²) in [5.74, 6) is 0.640. The van der Waals surface area contributed by atoms with Crippen LogP contribution in [0.2, 0.25) is 0 Å². The summed E-state index contributed by atoms with van der Waals surface area (Å²) in [7, 11) is -3.87. The molecular weight excluding hydrogens is 402 g/mol. The molecule has 30 heavy (non-hydrogen) atoms. The van der Waals surface area contributed by atoms with Crippen molar-refractivity contribution < 1.29 is 12.9 Å². The number of anilines is 1. The quantitative estimate of drug-likeness (QED) is 0.488. The van der Waals surface area contributed by atoms with E-state index in [2.05, 4.69) is 32.2 Å². The summed E-state index contributed by atoms with van der Waals surface area (Å²) < 4.78 is 28.6. The van der Waals surface area contributed by atoms with Crippen molar-refractivity contribution in [1.82, 2.24) is 15.1 Å². The molecule has 0 spiro atoms. The number of nitrogens with two attached hydrogens (primary N) is 1. The largest absolute Gasteiger partial charge is 0.358 e. The lowest BCUT2D eigenvalue weighted by molar-refractivity contribution is 0.376. The molecule has 0 saturated heterocycles. The Kier molecular flexibility index (Phi) is 5.55. The topological polar surface area (TPSA) is 115 Å². The first-order valence-electron chi connectivity index (χ1n) is 9.14. The summed E-state index contributed by atoms with van der Waals surface area (Å²) in [6.07, 6.45) is 2.64. The fourth-order valence-electron chi connectivity index (χ4n) is 2.98. The zero-order chi connectivity index (χ0) is 21.0. The number of benzene rings is 2. The minimum Gasteiger partial charge on any atom is -0.358 e. The maximum Gasteiger partial charge on any atom is 0.246 e. The standard InChI is InChI=1S/C21H19N5O3S/c22-30(27,28)19-11-17(12-23-13-19)21-24-20(29-25-21)15-26(18-9-5-2-6-10-18)14-16-7-3-1-4-8-16/h1-13H,14-15H2,(H2,22,27,28). The fourth-order valence-corrected chi connectivity index (χ4v) is 3.48. The molecular formula is C21H19N5O3S. The Bertz CT molecular complexity index is 1230. The van der Waals surface area contributed by atoms with Gasteiger partial charge in [0.1, 0.15) is 4.90 Å². The number of sulfonamides is 1. The molecule has 0 aliphatic heterocycles. The van der Waals surface area contributed by atoms with Crippen molar-refractivity contribution in [2.45, 2.75) is 18.0 Å². The van der Waals surface area contributed by atoms with E-state index in [1.165, 1.54) is 18.5 Å². The van der Waals surface area contributed by atoms with Gasteiger partial charge >= 0.3 is 0 Å². The fraction of sp³-hybridized carbons (Fsp3) is 0.0952. The molecule has 2 heterocycles. The van der Waals surface area contributed by atoms with E-state index in [0.717, 1.165) is 11.3 Å². The van der Waals surface area contributed by atoms with Gasteiger partial charge in [-0.25, -0.2) is 13.6 Å². The Hall–Kier alpha value is -3.56. The normalized spacial score (nSPS) is 11.4. The lowest BCUT2D eigenvalue weighted by Crippen LogP contribution is -2.22. The number of para-hydroxylation sites is 1. The van der Waals surface area contributed by atoms with Crippen molar-refractivity contribution in [3.05, 3.63) is 90.6 Å². The highest BCUT2D eigenvalue weighted by Crippen LogP contribution is 2.22. The zero-order valence-corrected chi connectivity index (χ0v) is 16.7. The summed E-state index contributed by atoms with van der Waals surface area (Å²) in [6.45, 7) is 1.04. The molecule has 2 aromatic carbocycles. The van der Waals surface area contributed by atoms with E-state index >= 15 is 0 Å². The molecule has 4 aromatic rings. The molecule has 0 radical (unpaired) electrons. The number of primary sulfonamides is 1. The minimum atomic E-state index is -3.87. The van der Waals surface area contributed by atoms with E-state index in [9.17, 15) is 8.42 Å². The van der Waals surface area contributed by atoms with E-state index < -0.39 is 10.0 Å². The first kappa shape index (κ1) is 19.7. The van der Waals surface area contributed by atoms with Gasteiger partial charge in [-0.2, -0.15) is 4.98 Å². The SMILES string of the molecule is NS(=O)(=O)c1cncc(-c2noc(CN(Cc3ccccc3)c3ccccc3)n2)c1. The van der Waals surface area contributed by atoms with E-state index in [-0.39, 0.29) is 10.7 Å². The Balaban J connectivity index is 1.60. The maximum atomic E-state index is 11.6. The van der Waals surface area contributed by atoms with Crippen molar-refractivity contribution in [2.75, 3.05) is 4.90 Å². The van der Waals surface area contributed by atoms with Crippen LogP contribution in [0.3, 0.4) is 0 Å². The van der Waals surface area contributed by atoms with Crippen LogP contribution in [0.4, 0.5) is 5.69 Å². The Morgan fingerprint density at radius 1 is 0.933 bits per heavy atom. The summed E-state index contributed by atoms with van der Waals surface area (Å²) >= 11 is 0. The predicted octanol–water partition coefficient (Wildman–Crippen LogP) is 2.99. The molecule has 2 aromatic heterocycles. The molecule has 0 fully saturated rings. The van der Waals surface area contributed by atoms with E-state index in [1.807, 2.05) is 48.5 Å². The van der Waals surface area contributed by atoms with Gasteiger partial charge in [-0.15, -0.1) is 0 Å². The summed E-state index contributed by atoms with van der Waals surface area (Å²) in [6, 6.07) is 21.4. The molecule has 2 N–H and O–H groups in total. The zero-order valence-electron chi connectivity index (χ0n) is 15.9. The molecule has 0 aliphatic rings.